The van der Waals surface area contributed by atoms with Gasteiger partial charge in [-0.2, -0.15) is 0 Å². The fourth-order valence-electron chi connectivity index (χ4n) is 2.32. The van der Waals surface area contributed by atoms with Crippen molar-refractivity contribution >= 4 is 17.4 Å². The predicted molar refractivity (Wildman–Crippen MR) is 95.6 cm³/mol. The molecule has 0 aliphatic carbocycles. The van der Waals surface area contributed by atoms with Crippen LogP contribution in [0.3, 0.4) is 0 Å². The number of halogens is 1. The van der Waals surface area contributed by atoms with E-state index < -0.39 is 0 Å². The van der Waals surface area contributed by atoms with Gasteiger partial charge in [-0.05, 0) is 43.9 Å². The highest BCUT2D eigenvalue weighted by Gasteiger charge is 2.05. The lowest BCUT2D eigenvalue weighted by Gasteiger charge is -2.12. The maximum atomic E-state index is 6.15. The molecule has 1 aromatic carbocycles. The number of hydrogen-bond donors (Lipinski definition) is 1. The Labute approximate surface area is 143 Å². The topological polar surface area (TPSA) is 47.0 Å². The number of unbranched alkanes of at least 4 members (excludes halogenated alkanes) is 1. The van der Waals surface area contributed by atoms with Crippen molar-refractivity contribution in [3.8, 4) is 5.75 Å². The molecule has 0 bridgehead atoms. The molecular formula is C18H24ClN3O. The lowest BCUT2D eigenvalue weighted by atomic mass is 10.1. The molecule has 0 aliphatic heterocycles. The number of aromatic nitrogens is 2. The first-order valence-corrected chi connectivity index (χ1v) is 8.43. The summed E-state index contributed by atoms with van der Waals surface area (Å²) < 4.78 is 5.84. The van der Waals surface area contributed by atoms with Crippen molar-refractivity contribution in [3.05, 3.63) is 46.4 Å². The number of benzene rings is 1. The van der Waals surface area contributed by atoms with Gasteiger partial charge in [0.15, 0.2) is 0 Å². The maximum absolute atomic E-state index is 6.15. The van der Waals surface area contributed by atoms with Gasteiger partial charge in [0.05, 0.1) is 12.2 Å². The number of nitrogens with one attached hydrogen (secondary N) is 1. The van der Waals surface area contributed by atoms with Gasteiger partial charge in [-0.3, -0.25) is 0 Å². The first kappa shape index (κ1) is 17.5. The van der Waals surface area contributed by atoms with Crippen LogP contribution in [0, 0.1) is 13.8 Å². The summed E-state index contributed by atoms with van der Waals surface area (Å²) in [6.07, 6.45) is 5.07. The third-order valence-corrected chi connectivity index (χ3v) is 4.13. The lowest BCUT2D eigenvalue weighted by Crippen LogP contribution is -2.13. The van der Waals surface area contributed by atoms with Crippen molar-refractivity contribution in [2.24, 2.45) is 0 Å². The fourth-order valence-corrected chi connectivity index (χ4v) is 2.49. The van der Waals surface area contributed by atoms with Crippen molar-refractivity contribution in [3.63, 3.8) is 0 Å². The average Bonchev–Trinajstić information content (AvgIpc) is 2.54. The predicted octanol–water partition coefficient (Wildman–Crippen LogP) is 4.58. The van der Waals surface area contributed by atoms with Crippen LogP contribution in [-0.2, 0) is 6.42 Å². The Hall–Kier alpha value is -1.81. The van der Waals surface area contributed by atoms with Crippen LogP contribution >= 0.6 is 11.6 Å². The Kier molecular flexibility index (Phi) is 6.66. The van der Waals surface area contributed by atoms with E-state index in [0.29, 0.717) is 24.0 Å². The molecule has 0 unspecified atom stereocenters. The zero-order valence-corrected chi connectivity index (χ0v) is 14.8. The number of hydrogen-bond acceptors (Lipinski definition) is 4. The van der Waals surface area contributed by atoms with E-state index in [1.165, 1.54) is 30.3 Å². The summed E-state index contributed by atoms with van der Waals surface area (Å²) >= 11 is 6.15. The van der Waals surface area contributed by atoms with Gasteiger partial charge in [-0.1, -0.05) is 37.1 Å². The molecule has 0 aliphatic rings. The molecule has 0 fully saturated rings. The SMILES string of the molecule is CCCCc1ccc(OCCNc2ncnc(C)c2Cl)c(C)c1. The number of rotatable bonds is 8. The van der Waals surface area contributed by atoms with Crippen molar-refractivity contribution in [1.82, 2.24) is 9.97 Å². The van der Waals surface area contributed by atoms with Gasteiger partial charge in [0.1, 0.15) is 29.5 Å². The minimum absolute atomic E-state index is 0.550. The Morgan fingerprint density at radius 1 is 1.22 bits per heavy atom. The molecule has 124 valence electrons. The van der Waals surface area contributed by atoms with Crippen LogP contribution in [0.1, 0.15) is 36.6 Å². The largest absolute Gasteiger partial charge is 0.491 e. The van der Waals surface area contributed by atoms with Crippen molar-refractivity contribution in [2.75, 3.05) is 18.5 Å². The first-order valence-electron chi connectivity index (χ1n) is 8.05. The standard InChI is InChI=1S/C18H24ClN3O/c1-4-5-6-15-7-8-16(13(2)11-15)23-10-9-20-18-17(19)14(3)21-12-22-18/h7-8,11-12H,4-6,9-10H2,1-3H3,(H,20,21,22). The van der Waals surface area contributed by atoms with Crippen LogP contribution in [0.4, 0.5) is 5.82 Å². The van der Waals surface area contributed by atoms with Gasteiger partial charge in [0.25, 0.3) is 0 Å². The summed E-state index contributed by atoms with van der Waals surface area (Å²) in [6.45, 7) is 7.34. The molecule has 0 saturated carbocycles. The van der Waals surface area contributed by atoms with E-state index in [1.807, 2.05) is 6.92 Å². The normalized spacial score (nSPS) is 10.6. The van der Waals surface area contributed by atoms with E-state index in [2.05, 4.69) is 47.3 Å². The summed E-state index contributed by atoms with van der Waals surface area (Å²) in [5.41, 5.74) is 3.32. The van der Waals surface area contributed by atoms with Crippen LogP contribution < -0.4 is 10.1 Å². The van der Waals surface area contributed by atoms with E-state index in [-0.39, 0.29) is 0 Å². The summed E-state index contributed by atoms with van der Waals surface area (Å²) in [5, 5.41) is 3.73. The molecule has 0 atom stereocenters. The molecule has 0 saturated heterocycles. The average molecular weight is 334 g/mol. The minimum atomic E-state index is 0.550. The summed E-state index contributed by atoms with van der Waals surface area (Å²) in [6, 6.07) is 6.42. The molecular weight excluding hydrogens is 310 g/mol. The van der Waals surface area contributed by atoms with Crippen molar-refractivity contribution in [1.29, 1.82) is 0 Å². The minimum Gasteiger partial charge on any atom is -0.491 e. The molecule has 23 heavy (non-hydrogen) atoms. The first-order chi connectivity index (χ1) is 11.1. The molecule has 0 spiro atoms. The number of nitrogens with zero attached hydrogens (tertiary/aromatic N) is 2. The molecule has 2 rings (SSSR count). The van der Waals surface area contributed by atoms with Crippen molar-refractivity contribution < 1.29 is 4.74 Å². The summed E-state index contributed by atoms with van der Waals surface area (Å²) in [4.78, 5) is 8.17. The Bertz CT molecular complexity index is 646. The lowest BCUT2D eigenvalue weighted by molar-refractivity contribution is 0.330. The van der Waals surface area contributed by atoms with Crippen LogP contribution in [0.5, 0.6) is 5.75 Å². The van der Waals surface area contributed by atoms with E-state index in [9.17, 15) is 0 Å². The maximum Gasteiger partial charge on any atom is 0.148 e. The molecule has 2 aromatic rings. The van der Waals surface area contributed by atoms with E-state index in [0.717, 1.165) is 17.9 Å². The Balaban J connectivity index is 1.83. The molecule has 1 N–H and O–H groups in total. The summed E-state index contributed by atoms with van der Waals surface area (Å²) in [7, 11) is 0. The highest BCUT2D eigenvalue weighted by molar-refractivity contribution is 6.33. The second-order valence-corrected chi connectivity index (χ2v) is 5.98. The van der Waals surface area contributed by atoms with Gasteiger partial charge >= 0.3 is 0 Å². The van der Waals surface area contributed by atoms with Gasteiger partial charge in [0, 0.05) is 0 Å². The summed E-state index contributed by atoms with van der Waals surface area (Å²) in [5.74, 6) is 1.58. The third-order valence-electron chi connectivity index (χ3n) is 3.67. The number of aryl methyl sites for hydroxylation is 3. The molecule has 4 nitrogen and oxygen atoms in total. The highest BCUT2D eigenvalue weighted by atomic mass is 35.5. The quantitative estimate of drug-likeness (QED) is 0.718. The number of ether oxygens (including phenoxy) is 1. The van der Waals surface area contributed by atoms with Gasteiger partial charge in [-0.15, -0.1) is 0 Å². The van der Waals surface area contributed by atoms with Gasteiger partial charge in [-0.25, -0.2) is 9.97 Å². The van der Waals surface area contributed by atoms with Crippen molar-refractivity contribution in [2.45, 2.75) is 40.0 Å². The van der Waals surface area contributed by atoms with Crippen LogP contribution in [0.25, 0.3) is 0 Å². The molecule has 1 aromatic heterocycles. The fraction of sp³-hybridized carbons (Fsp3) is 0.444. The zero-order valence-electron chi connectivity index (χ0n) is 14.0. The number of anilines is 1. The van der Waals surface area contributed by atoms with Gasteiger partial charge in [0.2, 0.25) is 0 Å². The Morgan fingerprint density at radius 3 is 2.78 bits per heavy atom. The van der Waals surface area contributed by atoms with E-state index >= 15 is 0 Å². The smallest absolute Gasteiger partial charge is 0.148 e. The van der Waals surface area contributed by atoms with E-state index in [1.54, 1.807) is 0 Å². The molecule has 0 radical (unpaired) electrons. The zero-order chi connectivity index (χ0) is 16.7. The molecule has 0 amide bonds. The molecule has 5 heteroatoms. The Morgan fingerprint density at radius 2 is 2.04 bits per heavy atom. The third kappa shape index (κ3) is 5.10. The molecule has 1 heterocycles. The van der Waals surface area contributed by atoms with Crippen LogP contribution in [-0.4, -0.2) is 23.1 Å². The van der Waals surface area contributed by atoms with E-state index in [4.69, 9.17) is 16.3 Å². The highest BCUT2D eigenvalue weighted by Crippen LogP contribution is 2.22. The van der Waals surface area contributed by atoms with Crippen LogP contribution in [0.2, 0.25) is 5.02 Å². The van der Waals surface area contributed by atoms with Crippen LogP contribution in [0.15, 0.2) is 24.5 Å². The second-order valence-electron chi connectivity index (χ2n) is 5.60. The van der Waals surface area contributed by atoms with Gasteiger partial charge < -0.3 is 10.1 Å². The second kappa shape index (κ2) is 8.73. The monoisotopic (exact) mass is 333 g/mol.